The fourth-order valence-corrected chi connectivity index (χ4v) is 3.56. The molecular weight excluding hydrogens is 352 g/mol. The topological polar surface area (TPSA) is 59.8 Å². The number of hydrogen-bond acceptors (Lipinski definition) is 6. The Hall–Kier alpha value is -2.63. The number of piperidine rings is 1. The van der Waals surface area contributed by atoms with E-state index in [1.54, 1.807) is 13.3 Å². The van der Waals surface area contributed by atoms with Gasteiger partial charge in [0.25, 0.3) is 0 Å². The minimum Gasteiger partial charge on any atom is -0.493 e. The molecule has 3 rings (SSSR count). The molecule has 2 heterocycles. The summed E-state index contributed by atoms with van der Waals surface area (Å²) in [6.45, 7) is 8.92. The van der Waals surface area contributed by atoms with Gasteiger partial charge in [-0.1, -0.05) is 5.16 Å². The Bertz CT molecular complexity index is 797. The Morgan fingerprint density at radius 2 is 1.89 bits per heavy atom. The van der Waals surface area contributed by atoms with Gasteiger partial charge in [-0.3, -0.25) is 0 Å². The second kappa shape index (κ2) is 9.53. The lowest BCUT2D eigenvalue weighted by atomic mass is 9.94. The van der Waals surface area contributed by atoms with Crippen molar-refractivity contribution in [3.8, 4) is 5.75 Å². The van der Waals surface area contributed by atoms with Gasteiger partial charge in [-0.05, 0) is 86.9 Å². The molecule has 0 aliphatic carbocycles. The molecule has 0 spiro atoms. The van der Waals surface area contributed by atoms with Crippen LogP contribution in [0.5, 0.6) is 5.75 Å². The quantitative estimate of drug-likeness (QED) is 0.534. The van der Waals surface area contributed by atoms with Gasteiger partial charge in [0.1, 0.15) is 12.9 Å². The molecule has 150 valence electrons. The van der Waals surface area contributed by atoms with Crippen LogP contribution >= 0.6 is 0 Å². The maximum Gasteiger partial charge on any atom is 0.151 e. The van der Waals surface area contributed by atoms with Crippen LogP contribution in [0.1, 0.15) is 41.6 Å². The molecule has 0 N–H and O–H groups in total. The van der Waals surface area contributed by atoms with Crippen LogP contribution in [0.15, 0.2) is 29.4 Å². The molecule has 0 saturated carbocycles. The van der Waals surface area contributed by atoms with Gasteiger partial charge < -0.3 is 14.5 Å². The van der Waals surface area contributed by atoms with Crippen LogP contribution < -0.4 is 9.64 Å². The second-order valence-corrected chi connectivity index (χ2v) is 7.49. The van der Waals surface area contributed by atoms with E-state index >= 15 is 0 Å². The van der Waals surface area contributed by atoms with Crippen LogP contribution in [0.25, 0.3) is 0 Å². The maximum absolute atomic E-state index is 6.09. The smallest absolute Gasteiger partial charge is 0.151 e. The molecule has 0 unspecified atom stereocenters. The lowest BCUT2D eigenvalue weighted by Gasteiger charge is -2.32. The van der Waals surface area contributed by atoms with Crippen molar-refractivity contribution in [1.82, 2.24) is 10.2 Å². The molecule has 0 atom stereocenters. The van der Waals surface area contributed by atoms with E-state index < -0.39 is 0 Å². The van der Waals surface area contributed by atoms with Crippen molar-refractivity contribution in [3.63, 3.8) is 0 Å². The van der Waals surface area contributed by atoms with Crippen LogP contribution in [0.3, 0.4) is 0 Å². The maximum atomic E-state index is 6.09. The highest BCUT2D eigenvalue weighted by molar-refractivity contribution is 5.82. The Labute approximate surface area is 167 Å². The average Bonchev–Trinajstić information content (AvgIpc) is 2.70. The summed E-state index contributed by atoms with van der Waals surface area (Å²) in [6, 6.07) is 8.27. The largest absolute Gasteiger partial charge is 0.493 e. The van der Waals surface area contributed by atoms with Gasteiger partial charge in [-0.15, -0.1) is 5.10 Å². The minimum absolute atomic E-state index is 0.698. The number of hydrogen-bond donors (Lipinski definition) is 0. The van der Waals surface area contributed by atoms with E-state index in [9.17, 15) is 0 Å². The van der Waals surface area contributed by atoms with Crippen LogP contribution in [-0.4, -0.2) is 43.2 Å². The highest BCUT2D eigenvalue weighted by atomic mass is 16.6. The molecule has 1 aromatic carbocycles. The standard InChI is InChI=1S/C22H30N4O2/c1-16-14-21(17(2)13-20(16)15-23-27-4)28-12-9-19-7-10-26(11-8-19)22-6-5-18(3)24-25-22/h5-6,13-15,19H,7-12H2,1-4H3/b23-15+. The van der Waals surface area contributed by atoms with Gasteiger partial charge in [0.05, 0.1) is 18.5 Å². The van der Waals surface area contributed by atoms with Gasteiger partial charge in [0.15, 0.2) is 5.82 Å². The summed E-state index contributed by atoms with van der Waals surface area (Å²) in [5.74, 6) is 2.65. The first-order valence-corrected chi connectivity index (χ1v) is 9.92. The Morgan fingerprint density at radius 1 is 1.11 bits per heavy atom. The zero-order chi connectivity index (χ0) is 19.9. The molecule has 1 aliphatic heterocycles. The summed E-state index contributed by atoms with van der Waals surface area (Å²) in [4.78, 5) is 7.10. The summed E-state index contributed by atoms with van der Waals surface area (Å²) in [5, 5.41) is 12.3. The lowest BCUT2D eigenvalue weighted by Crippen LogP contribution is -2.34. The van der Waals surface area contributed by atoms with Crippen LogP contribution in [0, 0.1) is 26.7 Å². The third-order valence-corrected chi connectivity index (χ3v) is 5.37. The number of oxime groups is 1. The normalized spacial score (nSPS) is 15.2. The Balaban J connectivity index is 1.46. The van der Waals surface area contributed by atoms with Crippen molar-refractivity contribution in [2.45, 2.75) is 40.0 Å². The summed E-state index contributed by atoms with van der Waals surface area (Å²) in [7, 11) is 1.55. The molecule has 0 amide bonds. The summed E-state index contributed by atoms with van der Waals surface area (Å²) >= 11 is 0. The van der Waals surface area contributed by atoms with Crippen molar-refractivity contribution in [2.75, 3.05) is 31.7 Å². The van der Waals surface area contributed by atoms with Gasteiger partial charge in [-0.2, -0.15) is 5.10 Å². The van der Waals surface area contributed by atoms with Gasteiger partial charge in [-0.25, -0.2) is 0 Å². The first-order chi connectivity index (χ1) is 13.6. The summed E-state index contributed by atoms with van der Waals surface area (Å²) in [5.41, 5.74) is 4.27. The SMILES string of the molecule is CO/N=C/c1cc(C)c(OCCC2CCN(c3ccc(C)nn3)CC2)cc1C. The van der Waals surface area contributed by atoms with Gasteiger partial charge in [0.2, 0.25) is 0 Å². The fourth-order valence-electron chi connectivity index (χ4n) is 3.56. The molecular formula is C22H30N4O2. The second-order valence-electron chi connectivity index (χ2n) is 7.49. The van der Waals surface area contributed by atoms with Crippen LogP contribution in [-0.2, 0) is 4.84 Å². The van der Waals surface area contributed by atoms with Crippen LogP contribution in [0.4, 0.5) is 5.82 Å². The van der Waals surface area contributed by atoms with Crippen molar-refractivity contribution < 1.29 is 9.57 Å². The minimum atomic E-state index is 0.698. The van der Waals surface area contributed by atoms with Gasteiger partial charge >= 0.3 is 0 Å². The monoisotopic (exact) mass is 382 g/mol. The number of rotatable bonds is 7. The molecule has 1 aromatic heterocycles. The Kier molecular flexibility index (Phi) is 6.85. The molecule has 1 aliphatic rings. The van der Waals surface area contributed by atoms with E-state index in [0.717, 1.165) is 60.1 Å². The molecule has 6 nitrogen and oxygen atoms in total. The summed E-state index contributed by atoms with van der Waals surface area (Å²) in [6.07, 6.45) is 5.16. The average molecular weight is 383 g/mol. The number of aromatic nitrogens is 2. The van der Waals surface area contributed by atoms with E-state index in [1.165, 1.54) is 12.8 Å². The van der Waals surface area contributed by atoms with Crippen molar-refractivity contribution in [2.24, 2.45) is 11.1 Å². The number of benzene rings is 1. The zero-order valence-corrected chi connectivity index (χ0v) is 17.3. The summed E-state index contributed by atoms with van der Waals surface area (Å²) < 4.78 is 6.09. The van der Waals surface area contributed by atoms with Crippen molar-refractivity contribution in [1.29, 1.82) is 0 Å². The highest BCUT2D eigenvalue weighted by Crippen LogP contribution is 2.26. The predicted octanol–water partition coefficient (Wildman–Crippen LogP) is 4.07. The first kappa shape index (κ1) is 20.1. The van der Waals surface area contributed by atoms with Gasteiger partial charge in [0, 0.05) is 13.1 Å². The molecule has 0 bridgehead atoms. The Morgan fingerprint density at radius 3 is 2.57 bits per heavy atom. The number of ether oxygens (including phenoxy) is 1. The third kappa shape index (κ3) is 5.21. The molecule has 6 heteroatoms. The zero-order valence-electron chi connectivity index (χ0n) is 17.3. The van der Waals surface area contributed by atoms with E-state index in [4.69, 9.17) is 9.57 Å². The van der Waals surface area contributed by atoms with Crippen LogP contribution in [0.2, 0.25) is 0 Å². The first-order valence-electron chi connectivity index (χ1n) is 9.92. The lowest BCUT2D eigenvalue weighted by molar-refractivity contribution is 0.215. The van der Waals surface area contributed by atoms with E-state index in [-0.39, 0.29) is 0 Å². The molecule has 0 radical (unpaired) electrons. The molecule has 2 aromatic rings. The highest BCUT2D eigenvalue weighted by Gasteiger charge is 2.20. The number of anilines is 1. The van der Waals surface area contributed by atoms with Crippen molar-refractivity contribution in [3.05, 3.63) is 46.6 Å². The predicted molar refractivity (Wildman–Crippen MR) is 112 cm³/mol. The van der Waals surface area contributed by atoms with E-state index in [1.807, 2.05) is 13.0 Å². The molecule has 1 saturated heterocycles. The molecule has 28 heavy (non-hydrogen) atoms. The number of nitrogens with zero attached hydrogens (tertiary/aromatic N) is 4. The third-order valence-electron chi connectivity index (χ3n) is 5.37. The fraction of sp³-hybridized carbons (Fsp3) is 0.500. The molecule has 1 fully saturated rings. The number of aryl methyl sites for hydroxylation is 3. The van der Waals surface area contributed by atoms with E-state index in [2.05, 4.69) is 52.3 Å². The van der Waals surface area contributed by atoms with E-state index in [0.29, 0.717) is 5.92 Å². The van der Waals surface area contributed by atoms with Crippen molar-refractivity contribution >= 4 is 12.0 Å².